The van der Waals surface area contributed by atoms with Gasteiger partial charge in [0.05, 0.1) is 6.26 Å². The number of nitrogens with zero attached hydrogens (tertiary/aromatic N) is 3. The molecule has 16 heteroatoms. The third kappa shape index (κ3) is 9.30. The molecule has 0 aliphatic heterocycles. The van der Waals surface area contributed by atoms with E-state index in [-0.39, 0.29) is 95.7 Å². The fourth-order valence-electron chi connectivity index (χ4n) is 1.79. The van der Waals surface area contributed by atoms with Crippen molar-refractivity contribution in [3.05, 3.63) is 24.3 Å². The first-order valence-electron chi connectivity index (χ1n) is 6.98. The summed E-state index contributed by atoms with van der Waals surface area (Å²) in [6.45, 7) is 0.245. The Morgan fingerprint density at radius 2 is 1.75 bits per heavy atom. The van der Waals surface area contributed by atoms with Crippen molar-refractivity contribution in [2.45, 2.75) is 4.90 Å². The van der Waals surface area contributed by atoms with Crippen LogP contribution < -0.4 is 80.2 Å². The van der Waals surface area contributed by atoms with Crippen LogP contribution in [-0.4, -0.2) is 55.7 Å². The molecule has 0 fully saturated rings. The predicted octanol–water partition coefficient (Wildman–Crippen LogP) is -7.13. The van der Waals surface area contributed by atoms with E-state index in [0.717, 1.165) is 12.3 Å². The number of benzene rings is 1. The van der Waals surface area contributed by atoms with Gasteiger partial charge in [-0.3, -0.25) is 0 Å². The fraction of sp³-hybridized carbons (Fsp3) is 0.250. The fourth-order valence-corrected chi connectivity index (χ4v) is 2.88. The zero-order valence-corrected chi connectivity index (χ0v) is 21.1. The number of aromatic nitrogens is 3. The Morgan fingerprint density at radius 1 is 1.11 bits per heavy atom. The van der Waals surface area contributed by atoms with Gasteiger partial charge in [-0.05, 0) is 4.90 Å². The quantitative estimate of drug-likeness (QED) is 0.130. The van der Waals surface area contributed by atoms with Crippen LogP contribution in [0.2, 0.25) is 0 Å². The van der Waals surface area contributed by atoms with Gasteiger partial charge in [0, 0.05) is 13.1 Å². The maximum absolute atomic E-state index is 11.3. The summed E-state index contributed by atoms with van der Waals surface area (Å²) in [7, 11) is -8.05. The van der Waals surface area contributed by atoms with E-state index in [1.807, 2.05) is 0 Å². The van der Waals surface area contributed by atoms with E-state index in [1.54, 1.807) is 0 Å². The van der Waals surface area contributed by atoms with Crippen molar-refractivity contribution in [3.8, 4) is 0 Å². The Labute approximate surface area is 206 Å². The number of hydrogen-bond donors (Lipinski definition) is 4. The van der Waals surface area contributed by atoms with Gasteiger partial charge in [-0.15, -0.1) is 0 Å². The zero-order valence-electron chi connectivity index (χ0n) is 15.4. The van der Waals surface area contributed by atoms with Crippen LogP contribution in [0.25, 0.3) is 0 Å². The first-order chi connectivity index (χ1) is 12.0. The van der Waals surface area contributed by atoms with E-state index in [1.165, 1.54) is 12.1 Å². The summed E-state index contributed by atoms with van der Waals surface area (Å²) in [6, 6.07) is 6.24. The van der Waals surface area contributed by atoms with Gasteiger partial charge >= 0.3 is 59.1 Å². The number of anilines is 4. The van der Waals surface area contributed by atoms with E-state index in [0.29, 0.717) is 0 Å². The summed E-state index contributed by atoms with van der Waals surface area (Å²) in [4.78, 5) is 11.1. The van der Waals surface area contributed by atoms with Crippen molar-refractivity contribution in [3.63, 3.8) is 0 Å². The first-order valence-corrected chi connectivity index (χ1v) is 10.3. The molecule has 0 saturated heterocycles. The van der Waals surface area contributed by atoms with Crippen molar-refractivity contribution in [1.82, 2.24) is 19.7 Å². The van der Waals surface area contributed by atoms with Gasteiger partial charge in [-0.1, -0.05) is 5.69 Å². The molecule has 2 aromatic rings. The van der Waals surface area contributed by atoms with E-state index >= 15 is 0 Å². The molecule has 142 valence electrons. The van der Waals surface area contributed by atoms with Crippen LogP contribution in [0.1, 0.15) is 0 Å². The van der Waals surface area contributed by atoms with Gasteiger partial charge in [0.2, 0.25) is 27.9 Å². The summed E-state index contributed by atoms with van der Waals surface area (Å²) in [6.07, 6.45) is 1.02. The molecule has 0 radical (unpaired) electrons. The molecule has 0 aliphatic rings. The van der Waals surface area contributed by atoms with E-state index in [4.69, 9.17) is 5.73 Å². The Hall–Kier alpha value is -0.550. The molecule has 28 heavy (non-hydrogen) atoms. The van der Waals surface area contributed by atoms with Crippen LogP contribution in [0.3, 0.4) is 0 Å². The smallest absolute Gasteiger partial charge is 0.746 e. The Bertz CT molecular complexity index is 1010. The maximum Gasteiger partial charge on any atom is 1.00 e. The van der Waals surface area contributed by atoms with Crippen molar-refractivity contribution in [1.29, 1.82) is 0 Å². The topological polar surface area (TPSA) is 192 Å². The van der Waals surface area contributed by atoms with Crippen LogP contribution in [0.15, 0.2) is 23.1 Å². The van der Waals surface area contributed by atoms with E-state index in [9.17, 15) is 21.4 Å². The summed E-state index contributed by atoms with van der Waals surface area (Å²) in [5.74, 6) is -0.255. The molecule has 1 heterocycles. The molecular weight excluding hydrogens is 432 g/mol. The van der Waals surface area contributed by atoms with Gasteiger partial charge in [-0.25, -0.2) is 21.6 Å². The van der Waals surface area contributed by atoms with Crippen molar-refractivity contribution in [2.75, 3.05) is 35.7 Å². The molecule has 0 atom stereocenters. The molecule has 0 spiro atoms. The van der Waals surface area contributed by atoms with Crippen LogP contribution in [0.5, 0.6) is 0 Å². The predicted molar refractivity (Wildman–Crippen MR) is 92.1 cm³/mol. The van der Waals surface area contributed by atoms with Crippen LogP contribution in [0, 0.1) is 6.07 Å². The van der Waals surface area contributed by atoms with Crippen molar-refractivity contribution in [2.24, 2.45) is 0 Å². The van der Waals surface area contributed by atoms with Crippen LogP contribution in [0.4, 0.5) is 23.5 Å². The number of sulfonamides is 1. The Kier molecular flexibility index (Phi) is 11.4. The average Bonchev–Trinajstić information content (AvgIpc) is 2.50. The molecule has 5 N–H and O–H groups in total. The molecule has 12 nitrogen and oxygen atoms in total. The largest absolute Gasteiger partial charge is 1.00 e. The number of rotatable bonds is 8. The van der Waals surface area contributed by atoms with E-state index in [2.05, 4.69) is 36.4 Å². The SMILES string of the molecule is CS(=O)(=O)NCCNc1nc(N)nc(Nc2c[c-]ccc2S(=O)(=O)[O-])n1.[Na+].[Na+]. The normalized spacial score (nSPS) is 11.1. The average molecular weight is 447 g/mol. The third-order valence-electron chi connectivity index (χ3n) is 2.76. The molecule has 0 amide bonds. The number of nitrogens with two attached hydrogens (primary N) is 1. The standard InChI is InChI=1S/C12H16N7O5S2.2Na/c1-25(20,21)15-7-6-14-11-17-10(13)18-12(19-11)16-8-4-2-3-5-9(8)26(22,23)24;;/h3-5,15H,6-7H2,1H3,(H,22,23,24)(H4,13,14,16,17,18,19);;/q-1;2*+1/p-1. The Balaban J connectivity index is 0.00000364. The van der Waals surface area contributed by atoms with Gasteiger partial charge < -0.3 is 20.9 Å². The molecule has 0 unspecified atom stereocenters. The van der Waals surface area contributed by atoms with Gasteiger partial charge in [0.1, 0.15) is 10.1 Å². The van der Waals surface area contributed by atoms with Crippen molar-refractivity contribution < 1.29 is 80.5 Å². The molecule has 0 bridgehead atoms. The maximum atomic E-state index is 11.3. The number of hydrogen-bond acceptors (Lipinski definition) is 11. The Morgan fingerprint density at radius 3 is 2.36 bits per heavy atom. The minimum Gasteiger partial charge on any atom is -0.746 e. The third-order valence-corrected chi connectivity index (χ3v) is 4.39. The second-order valence-corrected chi connectivity index (χ2v) is 8.12. The summed E-state index contributed by atoms with van der Waals surface area (Å²) >= 11 is 0. The molecule has 0 aliphatic carbocycles. The van der Waals surface area contributed by atoms with Crippen LogP contribution >= 0.6 is 0 Å². The summed E-state index contributed by atoms with van der Waals surface area (Å²) < 4.78 is 58.1. The zero-order chi connectivity index (χ0) is 19.4. The minimum atomic E-state index is -4.72. The molecule has 0 saturated carbocycles. The molecule has 1 aromatic carbocycles. The number of nitrogen functional groups attached to an aromatic ring is 1. The van der Waals surface area contributed by atoms with Gasteiger partial charge in [-0.2, -0.15) is 39.2 Å². The molecular formula is C12H15N7Na2O5S2. The number of nitrogens with one attached hydrogen (secondary N) is 3. The molecule has 2 rings (SSSR count). The summed E-state index contributed by atoms with van der Waals surface area (Å²) in [5.41, 5.74) is 5.50. The van der Waals surface area contributed by atoms with Crippen LogP contribution in [-0.2, 0) is 20.1 Å². The summed E-state index contributed by atoms with van der Waals surface area (Å²) in [5, 5.41) is 5.30. The monoisotopic (exact) mass is 447 g/mol. The molecule has 1 aromatic heterocycles. The second kappa shape index (κ2) is 11.6. The second-order valence-electron chi connectivity index (χ2n) is 4.94. The first kappa shape index (κ1) is 27.5. The van der Waals surface area contributed by atoms with Gasteiger partial charge in [0.15, 0.2) is 0 Å². The van der Waals surface area contributed by atoms with E-state index < -0.39 is 25.0 Å². The van der Waals surface area contributed by atoms with Gasteiger partial charge in [0.25, 0.3) is 0 Å². The minimum absolute atomic E-state index is 0. The van der Waals surface area contributed by atoms with Crippen molar-refractivity contribution >= 4 is 43.7 Å².